The number of hydrogen-bond acceptors (Lipinski definition) is 7. The van der Waals surface area contributed by atoms with E-state index in [1.807, 2.05) is 0 Å². The van der Waals surface area contributed by atoms with Crippen LogP contribution in [0.25, 0.3) is 0 Å². The molecule has 7 heteroatoms. The summed E-state index contributed by atoms with van der Waals surface area (Å²) in [6.45, 7) is 8.98. The van der Waals surface area contributed by atoms with E-state index in [0.717, 1.165) is 50.5 Å². The van der Waals surface area contributed by atoms with E-state index in [2.05, 4.69) is 52.6 Å². The van der Waals surface area contributed by atoms with Crippen LogP contribution in [0.4, 0.5) is 5.82 Å². The van der Waals surface area contributed by atoms with Gasteiger partial charge < -0.3 is 14.4 Å². The molecular weight excluding hydrogens is 354 g/mol. The molecule has 2 aliphatic heterocycles. The van der Waals surface area contributed by atoms with Crippen LogP contribution in [0.15, 0.2) is 12.4 Å². The normalized spacial score (nSPS) is 36.2. The number of aromatic nitrogens is 2. The molecule has 2 aliphatic carbocycles. The van der Waals surface area contributed by atoms with E-state index in [4.69, 9.17) is 9.47 Å². The summed E-state index contributed by atoms with van der Waals surface area (Å²) in [7, 11) is 0. The van der Waals surface area contributed by atoms with Gasteiger partial charge in [-0.3, -0.25) is 5.43 Å². The number of rotatable bonds is 4. The predicted octanol–water partition coefficient (Wildman–Crippen LogP) is 2.35. The van der Waals surface area contributed by atoms with Crippen LogP contribution in [-0.4, -0.2) is 53.0 Å². The Morgan fingerprint density at radius 2 is 2.04 bits per heavy atom. The molecule has 2 saturated heterocycles. The maximum atomic E-state index is 6.41. The molecule has 7 nitrogen and oxygen atoms in total. The van der Waals surface area contributed by atoms with Crippen molar-refractivity contribution in [1.29, 1.82) is 0 Å². The number of nitrogens with zero attached hydrogens (tertiary/aromatic N) is 3. The van der Waals surface area contributed by atoms with Crippen LogP contribution < -0.4 is 15.8 Å². The topological polar surface area (TPSA) is 71.5 Å². The molecule has 4 aliphatic rings. The number of fused-ring (bicyclic) bond motifs is 1. The average molecular weight is 388 g/mol. The second kappa shape index (κ2) is 6.90. The largest absolute Gasteiger partial charge is 0.372 e. The van der Waals surface area contributed by atoms with E-state index < -0.39 is 0 Å². The minimum Gasteiger partial charge on any atom is -0.372 e. The van der Waals surface area contributed by atoms with Crippen LogP contribution in [0.2, 0.25) is 0 Å². The maximum Gasteiger partial charge on any atom is 0.132 e. The van der Waals surface area contributed by atoms with Crippen LogP contribution >= 0.6 is 0 Å². The molecule has 0 amide bonds. The fourth-order valence-corrected chi connectivity index (χ4v) is 5.03. The number of nitrogens with one attached hydrogen (secondary N) is 2. The number of hydrogen-bond donors (Lipinski definition) is 2. The molecule has 3 heterocycles. The molecular formula is C21H33N5O2. The number of ether oxygens (including phenoxy) is 2. The van der Waals surface area contributed by atoms with Crippen molar-refractivity contribution in [2.24, 2.45) is 5.92 Å². The van der Waals surface area contributed by atoms with Gasteiger partial charge in [-0.15, -0.1) is 0 Å². The van der Waals surface area contributed by atoms with E-state index in [-0.39, 0.29) is 17.2 Å². The van der Waals surface area contributed by atoms with Crippen molar-refractivity contribution in [3.8, 4) is 0 Å². The Labute approximate surface area is 167 Å². The molecule has 2 saturated carbocycles. The Morgan fingerprint density at radius 1 is 1.18 bits per heavy atom. The first-order valence-electron chi connectivity index (χ1n) is 10.8. The van der Waals surface area contributed by atoms with Crippen molar-refractivity contribution in [2.75, 3.05) is 24.6 Å². The summed E-state index contributed by atoms with van der Waals surface area (Å²) in [6, 6.07) is 2.87. The maximum absolute atomic E-state index is 6.41. The predicted molar refractivity (Wildman–Crippen MR) is 107 cm³/mol. The Bertz CT molecular complexity index is 723. The Morgan fingerprint density at radius 3 is 2.82 bits per heavy atom. The first-order chi connectivity index (χ1) is 13.4. The number of morpholine rings is 1. The monoisotopic (exact) mass is 387 g/mol. The fourth-order valence-electron chi connectivity index (χ4n) is 5.03. The molecule has 5 rings (SSSR count). The first-order valence-corrected chi connectivity index (χ1v) is 10.8. The van der Waals surface area contributed by atoms with E-state index >= 15 is 0 Å². The first kappa shape index (κ1) is 18.7. The summed E-state index contributed by atoms with van der Waals surface area (Å²) in [4.78, 5) is 11.5. The zero-order valence-electron chi connectivity index (χ0n) is 17.3. The standard InChI is InChI=1S/C21H33N5O2/c1-20(2)12-26(8-9-27-20)18-11-17(22-13-23-18)19-15-10-14(28-21(3)6-7-21)4-5-16(15)24-25-19/h11,13-16,19,24-25H,4-10,12H2,1-3H3. The third-order valence-electron chi connectivity index (χ3n) is 6.85. The summed E-state index contributed by atoms with van der Waals surface area (Å²) >= 11 is 0. The Kier molecular flexibility index (Phi) is 4.62. The van der Waals surface area contributed by atoms with E-state index in [1.54, 1.807) is 6.33 Å². The molecule has 0 spiro atoms. The van der Waals surface area contributed by atoms with E-state index in [0.29, 0.717) is 18.1 Å². The van der Waals surface area contributed by atoms with Gasteiger partial charge in [0.1, 0.15) is 12.1 Å². The van der Waals surface area contributed by atoms with Gasteiger partial charge in [0.05, 0.1) is 35.6 Å². The van der Waals surface area contributed by atoms with Gasteiger partial charge in [0.15, 0.2) is 0 Å². The van der Waals surface area contributed by atoms with Gasteiger partial charge in [-0.2, -0.15) is 0 Å². The lowest BCUT2D eigenvalue weighted by molar-refractivity contribution is -0.0500. The van der Waals surface area contributed by atoms with Crippen LogP contribution in [0.3, 0.4) is 0 Å². The van der Waals surface area contributed by atoms with Gasteiger partial charge in [-0.05, 0) is 52.9 Å². The molecule has 1 aromatic heterocycles. The van der Waals surface area contributed by atoms with Crippen LogP contribution in [-0.2, 0) is 9.47 Å². The molecule has 0 radical (unpaired) electrons. The summed E-state index contributed by atoms with van der Waals surface area (Å²) < 4.78 is 12.3. The number of hydrazine groups is 1. The summed E-state index contributed by atoms with van der Waals surface area (Å²) in [5, 5.41) is 0. The Hall–Kier alpha value is -1.28. The Balaban J connectivity index is 1.31. The summed E-state index contributed by atoms with van der Waals surface area (Å²) in [5.41, 5.74) is 8.12. The number of anilines is 1. The highest BCUT2D eigenvalue weighted by Crippen LogP contribution is 2.45. The second-order valence-electron chi connectivity index (χ2n) is 9.87. The van der Waals surface area contributed by atoms with Crippen molar-refractivity contribution < 1.29 is 9.47 Å². The molecule has 4 unspecified atom stereocenters. The molecule has 154 valence electrons. The van der Waals surface area contributed by atoms with Crippen molar-refractivity contribution in [3.05, 3.63) is 18.1 Å². The van der Waals surface area contributed by atoms with Crippen molar-refractivity contribution in [2.45, 2.75) is 82.3 Å². The van der Waals surface area contributed by atoms with E-state index in [1.165, 1.54) is 12.8 Å². The minimum absolute atomic E-state index is 0.144. The molecule has 4 atom stereocenters. The van der Waals surface area contributed by atoms with Crippen LogP contribution in [0.5, 0.6) is 0 Å². The van der Waals surface area contributed by atoms with Gasteiger partial charge in [0.2, 0.25) is 0 Å². The van der Waals surface area contributed by atoms with Gasteiger partial charge in [0.25, 0.3) is 0 Å². The summed E-state index contributed by atoms with van der Waals surface area (Å²) in [5.74, 6) is 1.51. The van der Waals surface area contributed by atoms with Crippen LogP contribution in [0, 0.1) is 5.92 Å². The highest BCUT2D eigenvalue weighted by Gasteiger charge is 2.46. The lowest BCUT2D eigenvalue weighted by Gasteiger charge is -2.39. The zero-order chi connectivity index (χ0) is 19.4. The molecule has 28 heavy (non-hydrogen) atoms. The third kappa shape index (κ3) is 3.77. The second-order valence-corrected chi connectivity index (χ2v) is 9.87. The molecule has 4 fully saturated rings. The smallest absolute Gasteiger partial charge is 0.132 e. The van der Waals surface area contributed by atoms with Crippen LogP contribution in [0.1, 0.15) is 64.6 Å². The van der Waals surface area contributed by atoms with Gasteiger partial charge >= 0.3 is 0 Å². The molecule has 2 N–H and O–H groups in total. The van der Waals surface area contributed by atoms with E-state index in [9.17, 15) is 0 Å². The highest BCUT2D eigenvalue weighted by atomic mass is 16.5. The average Bonchev–Trinajstić information content (AvgIpc) is 3.24. The molecule has 1 aromatic rings. The minimum atomic E-state index is -0.144. The molecule has 0 aromatic carbocycles. The lowest BCUT2D eigenvalue weighted by Crippen LogP contribution is -2.48. The molecule has 0 bridgehead atoms. The third-order valence-corrected chi connectivity index (χ3v) is 6.85. The van der Waals surface area contributed by atoms with Crippen molar-refractivity contribution in [3.63, 3.8) is 0 Å². The van der Waals surface area contributed by atoms with Crippen molar-refractivity contribution in [1.82, 2.24) is 20.8 Å². The summed E-state index contributed by atoms with van der Waals surface area (Å²) in [6.07, 6.45) is 7.91. The van der Waals surface area contributed by atoms with Gasteiger partial charge in [0, 0.05) is 31.1 Å². The zero-order valence-corrected chi connectivity index (χ0v) is 17.3. The van der Waals surface area contributed by atoms with Gasteiger partial charge in [-0.25, -0.2) is 15.4 Å². The van der Waals surface area contributed by atoms with Crippen molar-refractivity contribution >= 4 is 5.82 Å². The SMILES string of the molecule is CC1(C)CN(c2cc(C3NNC4CCC(OC5(C)CC5)CC43)ncn2)CCO1. The fraction of sp³-hybridized carbons (Fsp3) is 0.810. The lowest BCUT2D eigenvalue weighted by atomic mass is 9.79. The quantitative estimate of drug-likeness (QED) is 0.822. The van der Waals surface area contributed by atoms with Gasteiger partial charge in [-0.1, -0.05) is 0 Å². The highest BCUT2D eigenvalue weighted by molar-refractivity contribution is 5.41.